The molecule has 0 bridgehead atoms. The molecule has 0 spiro atoms. The topological polar surface area (TPSA) is 110 Å². The summed E-state index contributed by atoms with van der Waals surface area (Å²) in [6.07, 6.45) is -0.535. The number of anilines is 1. The number of piperidine rings is 1. The van der Waals surface area contributed by atoms with Crippen LogP contribution >= 0.6 is 12.2 Å². The molecule has 1 aliphatic heterocycles. The summed E-state index contributed by atoms with van der Waals surface area (Å²) in [4.78, 5) is 22.6. The molecule has 2 aromatic rings. The zero-order valence-corrected chi connectivity index (χ0v) is 22.3. The summed E-state index contributed by atoms with van der Waals surface area (Å²) in [6.45, 7) is 6.19. The highest BCUT2D eigenvalue weighted by molar-refractivity contribution is 7.80. The number of carbonyl (C=O) groups is 1. The van der Waals surface area contributed by atoms with Crippen molar-refractivity contribution in [3.63, 3.8) is 0 Å². The molecule has 0 saturated carbocycles. The Morgan fingerprint density at radius 3 is 2.63 bits per heavy atom. The molecule has 208 valence electrons. The quantitative estimate of drug-likeness (QED) is 0.259. The number of hydrogen-bond acceptors (Lipinski definition) is 8. The van der Waals surface area contributed by atoms with Gasteiger partial charge in [-0.2, -0.15) is 13.2 Å². The van der Waals surface area contributed by atoms with Gasteiger partial charge in [0.1, 0.15) is 17.0 Å². The number of benzene rings is 1. The van der Waals surface area contributed by atoms with Crippen LogP contribution in [0.25, 0.3) is 11.3 Å². The predicted molar refractivity (Wildman–Crippen MR) is 138 cm³/mol. The van der Waals surface area contributed by atoms with E-state index in [-0.39, 0.29) is 46.9 Å². The molecule has 3 N–H and O–H groups in total. The number of nitrogens with zero attached hydrogens (tertiary/aromatic N) is 3. The second-order valence-corrected chi connectivity index (χ2v) is 9.91. The van der Waals surface area contributed by atoms with Crippen molar-refractivity contribution < 1.29 is 32.2 Å². The number of hydrogen-bond donors (Lipinski definition) is 3. The number of rotatable bonds is 7. The lowest BCUT2D eigenvalue weighted by molar-refractivity contribution is -0.137. The van der Waals surface area contributed by atoms with Gasteiger partial charge in [0.25, 0.3) is 0 Å². The van der Waals surface area contributed by atoms with Crippen LogP contribution in [0.2, 0.25) is 0 Å². The number of carbonyl (C=O) groups excluding carboxylic acids is 1. The van der Waals surface area contributed by atoms with E-state index < -0.39 is 17.3 Å². The Kier molecular flexibility index (Phi) is 9.55. The molecule has 0 aliphatic carbocycles. The maximum absolute atomic E-state index is 13.3. The minimum atomic E-state index is -4.55. The fourth-order valence-electron chi connectivity index (χ4n) is 3.69. The van der Waals surface area contributed by atoms with Gasteiger partial charge in [-0.1, -0.05) is 0 Å². The maximum Gasteiger partial charge on any atom is 0.416 e. The number of nitrogens with one attached hydrogen (secondary N) is 3. The van der Waals surface area contributed by atoms with Crippen LogP contribution in [0.5, 0.6) is 5.75 Å². The largest absolute Gasteiger partial charge is 0.467 e. The molecule has 1 atom stereocenters. The molecule has 1 aromatic carbocycles. The van der Waals surface area contributed by atoms with Gasteiger partial charge in [0.15, 0.2) is 17.7 Å². The van der Waals surface area contributed by atoms with Gasteiger partial charge in [0.2, 0.25) is 0 Å². The molecule has 3 rings (SSSR count). The van der Waals surface area contributed by atoms with E-state index in [1.165, 1.54) is 25.6 Å². The molecule has 1 saturated heterocycles. The number of alkyl halides is 3. The smallest absolute Gasteiger partial charge is 0.416 e. The molecule has 10 nitrogen and oxygen atoms in total. The highest BCUT2D eigenvalue weighted by Gasteiger charge is 2.32. The van der Waals surface area contributed by atoms with Gasteiger partial charge in [-0.25, -0.2) is 9.78 Å². The average Bonchev–Trinajstić information content (AvgIpc) is 2.85. The molecule has 2 heterocycles. The van der Waals surface area contributed by atoms with Crippen molar-refractivity contribution in [3.8, 4) is 17.0 Å². The van der Waals surface area contributed by atoms with E-state index in [2.05, 4.69) is 26.1 Å². The second kappa shape index (κ2) is 12.4. The second-order valence-electron chi connectivity index (χ2n) is 9.50. The van der Waals surface area contributed by atoms with Crippen molar-refractivity contribution >= 4 is 29.2 Å². The van der Waals surface area contributed by atoms with E-state index >= 15 is 0 Å². The Balaban J connectivity index is 1.68. The van der Waals surface area contributed by atoms with Gasteiger partial charge in [-0.3, -0.25) is 15.8 Å². The number of aromatic nitrogens is 2. The standard InChI is InChI=1S/C24H31F3N6O4S/c1-23(2,3)37-22(34)33-11-5-6-16(13-33)30-21(38)32-31-20-19(28-9-10-29-20)17-8-7-15(24(25,26)27)12-18(17)36-14-35-4/h7-10,12,16H,5-6,11,13-14H2,1-4H3,(H,29,31)(H2,30,32,38)/t16-/m1/s1. The lowest BCUT2D eigenvalue weighted by Gasteiger charge is -2.34. The first kappa shape index (κ1) is 29.2. The third kappa shape index (κ3) is 8.31. The van der Waals surface area contributed by atoms with Gasteiger partial charge >= 0.3 is 12.3 Å². The summed E-state index contributed by atoms with van der Waals surface area (Å²) in [6, 6.07) is 2.97. The van der Waals surface area contributed by atoms with Gasteiger partial charge < -0.3 is 24.4 Å². The SMILES string of the molecule is COCOc1cc(C(F)(F)F)ccc1-c1nccnc1NNC(=S)N[C@@H]1CCCN(C(=O)OC(C)(C)C)C1. The molecule has 0 radical (unpaired) electrons. The first-order chi connectivity index (χ1) is 17.9. The van der Waals surface area contributed by atoms with Gasteiger partial charge in [-0.05, 0) is 64.0 Å². The zero-order valence-electron chi connectivity index (χ0n) is 21.5. The minimum absolute atomic E-state index is 0.0737. The minimum Gasteiger partial charge on any atom is -0.467 e. The van der Waals surface area contributed by atoms with Crippen LogP contribution in [-0.4, -0.2) is 64.7 Å². The molecule has 38 heavy (non-hydrogen) atoms. The Labute approximate surface area is 224 Å². The highest BCUT2D eigenvalue weighted by atomic mass is 32.1. The van der Waals surface area contributed by atoms with E-state index in [0.717, 1.165) is 25.0 Å². The predicted octanol–water partition coefficient (Wildman–Crippen LogP) is 4.34. The molecule has 1 fully saturated rings. The summed E-state index contributed by atoms with van der Waals surface area (Å²) in [5.41, 5.74) is 4.72. The van der Waals surface area contributed by atoms with Crippen LogP contribution in [0.4, 0.5) is 23.8 Å². The third-order valence-electron chi connectivity index (χ3n) is 5.30. The summed E-state index contributed by atoms with van der Waals surface area (Å²) in [5, 5.41) is 3.39. The van der Waals surface area contributed by atoms with Crippen LogP contribution < -0.4 is 20.9 Å². The molecule has 1 amide bonds. The number of amides is 1. The van der Waals surface area contributed by atoms with Crippen LogP contribution in [0.15, 0.2) is 30.6 Å². The third-order valence-corrected chi connectivity index (χ3v) is 5.52. The van der Waals surface area contributed by atoms with Crippen molar-refractivity contribution in [2.75, 3.05) is 32.4 Å². The van der Waals surface area contributed by atoms with Crippen LogP contribution in [0.1, 0.15) is 39.2 Å². The summed E-state index contributed by atoms with van der Waals surface area (Å²) < 4.78 is 55.5. The number of thiocarbonyl (C=S) groups is 1. The lowest BCUT2D eigenvalue weighted by atomic mass is 10.1. The van der Waals surface area contributed by atoms with Gasteiger partial charge in [-0.15, -0.1) is 0 Å². The normalized spacial score (nSPS) is 16.0. The average molecular weight is 557 g/mol. The zero-order chi connectivity index (χ0) is 27.9. The van der Waals surface area contributed by atoms with Crippen molar-refractivity contribution in [2.24, 2.45) is 0 Å². The molecule has 1 aromatic heterocycles. The first-order valence-electron chi connectivity index (χ1n) is 11.8. The van der Waals surface area contributed by atoms with E-state index in [1.54, 1.807) is 4.90 Å². The summed E-state index contributed by atoms with van der Waals surface area (Å²) in [7, 11) is 1.36. The van der Waals surface area contributed by atoms with Crippen molar-refractivity contribution in [1.82, 2.24) is 25.6 Å². The Morgan fingerprint density at radius 2 is 1.95 bits per heavy atom. The monoisotopic (exact) mass is 556 g/mol. The maximum atomic E-state index is 13.3. The Hall–Kier alpha value is -3.39. The Morgan fingerprint density at radius 1 is 1.21 bits per heavy atom. The number of hydrazine groups is 1. The number of methoxy groups -OCH3 is 1. The fraction of sp³-hybridized carbons (Fsp3) is 0.500. The van der Waals surface area contributed by atoms with Gasteiger partial charge in [0, 0.05) is 44.2 Å². The fourth-order valence-corrected chi connectivity index (χ4v) is 3.91. The number of ether oxygens (including phenoxy) is 3. The van der Waals surface area contributed by atoms with Gasteiger partial charge in [0.05, 0.1) is 5.56 Å². The van der Waals surface area contributed by atoms with Crippen molar-refractivity contribution in [2.45, 2.75) is 51.4 Å². The van der Waals surface area contributed by atoms with Crippen LogP contribution in [-0.2, 0) is 15.7 Å². The van der Waals surface area contributed by atoms with E-state index in [4.69, 9.17) is 26.4 Å². The van der Waals surface area contributed by atoms with Crippen LogP contribution in [0.3, 0.4) is 0 Å². The summed E-state index contributed by atoms with van der Waals surface area (Å²) in [5.74, 6) is 0.132. The van der Waals surface area contributed by atoms with E-state index in [9.17, 15) is 18.0 Å². The van der Waals surface area contributed by atoms with Crippen LogP contribution in [0, 0.1) is 0 Å². The molecule has 14 heteroatoms. The Bertz CT molecular complexity index is 1130. The molecular weight excluding hydrogens is 525 g/mol. The molecule has 0 unspecified atom stereocenters. The molecular formula is C24H31F3N6O4S. The number of halogens is 3. The molecule has 1 aliphatic rings. The van der Waals surface area contributed by atoms with E-state index in [1.807, 2.05) is 20.8 Å². The summed E-state index contributed by atoms with van der Waals surface area (Å²) >= 11 is 5.39. The van der Waals surface area contributed by atoms with E-state index in [0.29, 0.717) is 13.1 Å². The number of likely N-dealkylation sites (tertiary alicyclic amines) is 1. The highest BCUT2D eigenvalue weighted by Crippen LogP contribution is 2.38. The van der Waals surface area contributed by atoms with Crippen molar-refractivity contribution in [1.29, 1.82) is 0 Å². The first-order valence-corrected chi connectivity index (χ1v) is 12.2. The van der Waals surface area contributed by atoms with Crippen molar-refractivity contribution in [3.05, 3.63) is 36.2 Å². The lowest BCUT2D eigenvalue weighted by Crippen LogP contribution is -2.53.